The van der Waals surface area contributed by atoms with Gasteiger partial charge in [-0.3, -0.25) is 0 Å². The highest BCUT2D eigenvalue weighted by Gasteiger charge is 2.40. The maximum absolute atomic E-state index is 9.76. The molecule has 0 saturated heterocycles. The van der Waals surface area contributed by atoms with Gasteiger partial charge in [0.05, 0.1) is 12.3 Å². The molecule has 1 aliphatic carbocycles. The van der Waals surface area contributed by atoms with Gasteiger partial charge in [0.2, 0.25) is 0 Å². The lowest BCUT2D eigenvalue weighted by atomic mass is 9.60. The van der Waals surface area contributed by atoms with E-state index in [2.05, 4.69) is 52.0 Å². The van der Waals surface area contributed by atoms with Crippen LogP contribution in [-0.2, 0) is 10.8 Å². The van der Waals surface area contributed by atoms with Crippen LogP contribution in [0.1, 0.15) is 64.0 Å². The van der Waals surface area contributed by atoms with Crippen LogP contribution >= 0.6 is 0 Å². The van der Waals surface area contributed by atoms with Crippen LogP contribution in [0.3, 0.4) is 0 Å². The van der Waals surface area contributed by atoms with Crippen molar-refractivity contribution in [2.45, 2.75) is 51.4 Å². The molecule has 0 spiro atoms. The van der Waals surface area contributed by atoms with Crippen LogP contribution in [0.4, 0.5) is 0 Å². The minimum absolute atomic E-state index is 0.0183. The molecule has 0 N–H and O–H groups in total. The molecule has 0 aliphatic heterocycles. The van der Waals surface area contributed by atoms with Gasteiger partial charge in [-0.2, -0.15) is 0 Å². The lowest BCUT2D eigenvalue weighted by Crippen LogP contribution is -2.34. The van der Waals surface area contributed by atoms with Crippen LogP contribution in [0.2, 0.25) is 0 Å². The molecule has 8 aromatic rings. The molecule has 0 heterocycles. The summed E-state index contributed by atoms with van der Waals surface area (Å²) in [4.78, 5) is 0. The Hall–Kier alpha value is -5.46. The lowest BCUT2D eigenvalue weighted by molar-refractivity contribution is 0.333. The molecule has 50 heavy (non-hydrogen) atoms. The fraction of sp³-hybridized carbons (Fsp3) is 0.160. The SMILES string of the molecule is [2H]c1c([2H])c([2H])c(-c2ccc3ccccc3c2-c2c3ccccc3c(-c3ccc4c(c3-c3ccccc3)C(C)(C)CCC4(C)C)c3c([2H])c([2H])c([2H])c([2H])c23)c([2H])c1[2H]. The Balaban J connectivity index is 1.56. The molecule has 0 amide bonds. The van der Waals surface area contributed by atoms with E-state index in [-0.39, 0.29) is 52.6 Å². The second-order valence-electron chi connectivity index (χ2n) is 14.8. The fourth-order valence-corrected chi connectivity index (χ4v) is 8.42. The molecular formula is C50H42. The summed E-state index contributed by atoms with van der Waals surface area (Å²) in [6, 6.07) is 30.5. The first-order valence-corrected chi connectivity index (χ1v) is 17.3. The van der Waals surface area contributed by atoms with E-state index in [1.165, 1.54) is 11.1 Å². The van der Waals surface area contributed by atoms with Crippen LogP contribution in [0.25, 0.3) is 76.8 Å². The summed E-state index contributed by atoms with van der Waals surface area (Å²) in [6.07, 6.45) is 1.99. The van der Waals surface area contributed by atoms with Gasteiger partial charge >= 0.3 is 0 Å². The molecule has 1 aliphatic rings. The molecule has 8 aromatic carbocycles. The lowest BCUT2D eigenvalue weighted by Gasteiger charge is -2.44. The zero-order chi connectivity index (χ0) is 41.9. The van der Waals surface area contributed by atoms with Crippen molar-refractivity contribution < 1.29 is 12.3 Å². The third kappa shape index (κ3) is 4.73. The molecular weight excluding hydrogens is 601 g/mol. The molecule has 0 heteroatoms. The Kier molecular flexibility index (Phi) is 5.16. The predicted octanol–water partition coefficient (Wildman–Crippen LogP) is 14.2. The van der Waals surface area contributed by atoms with Crippen molar-refractivity contribution in [2.75, 3.05) is 0 Å². The van der Waals surface area contributed by atoms with Gasteiger partial charge in [-0.1, -0.05) is 185 Å². The van der Waals surface area contributed by atoms with E-state index in [0.717, 1.165) is 40.3 Å². The maximum Gasteiger partial charge on any atom is 0.0629 e. The highest BCUT2D eigenvalue weighted by Crippen LogP contribution is 2.55. The first-order valence-electron chi connectivity index (χ1n) is 21.8. The molecule has 0 aromatic heterocycles. The van der Waals surface area contributed by atoms with Gasteiger partial charge in [-0.15, -0.1) is 0 Å². The zero-order valence-corrected chi connectivity index (χ0v) is 28.7. The Labute approximate surface area is 308 Å². The van der Waals surface area contributed by atoms with Crippen LogP contribution in [-0.4, -0.2) is 0 Å². The second-order valence-corrected chi connectivity index (χ2v) is 14.8. The highest BCUT2D eigenvalue weighted by molar-refractivity contribution is 6.26. The van der Waals surface area contributed by atoms with Crippen molar-refractivity contribution in [3.63, 3.8) is 0 Å². The molecule has 0 atom stereocenters. The third-order valence-electron chi connectivity index (χ3n) is 10.9. The van der Waals surface area contributed by atoms with Gasteiger partial charge in [0.1, 0.15) is 0 Å². The van der Waals surface area contributed by atoms with E-state index in [4.69, 9.17) is 9.60 Å². The van der Waals surface area contributed by atoms with E-state index >= 15 is 0 Å². The first-order chi connectivity index (χ1) is 28.1. The number of benzene rings is 8. The average Bonchev–Trinajstić information content (AvgIpc) is 3.24. The monoisotopic (exact) mass is 651 g/mol. The Morgan fingerprint density at radius 1 is 0.420 bits per heavy atom. The van der Waals surface area contributed by atoms with E-state index < -0.39 is 18.1 Å². The number of rotatable bonds is 4. The van der Waals surface area contributed by atoms with E-state index in [9.17, 15) is 2.74 Å². The Morgan fingerprint density at radius 3 is 1.74 bits per heavy atom. The minimum atomic E-state index is -0.494. The molecule has 0 bridgehead atoms. The summed E-state index contributed by atoms with van der Waals surface area (Å²) in [5.41, 5.74) is 7.22. The zero-order valence-electron chi connectivity index (χ0n) is 37.7. The topological polar surface area (TPSA) is 0 Å². The molecule has 0 nitrogen and oxygen atoms in total. The highest BCUT2D eigenvalue weighted by atomic mass is 14.4. The van der Waals surface area contributed by atoms with Gasteiger partial charge in [0, 0.05) is 0 Å². The molecule has 0 unspecified atom stereocenters. The van der Waals surface area contributed by atoms with Crippen molar-refractivity contribution in [3.05, 3.63) is 169 Å². The van der Waals surface area contributed by atoms with Gasteiger partial charge in [0.15, 0.2) is 0 Å². The number of hydrogen-bond donors (Lipinski definition) is 0. The largest absolute Gasteiger partial charge is 0.0629 e. The molecule has 0 radical (unpaired) electrons. The standard InChI is InChI=1S/C50H42/c1-49(2)31-32-50(3,4)48-43(49)30-29-42(44(48)35-20-9-6-10-21-35)45-38-23-13-15-25-40(38)47(41-26-16-14-24-39(41)45)46-36-22-12-11-19-34(36)27-28-37(46)33-17-7-5-8-18-33/h5-30H,31-32H2,1-4H3/i5D,7D,8D,13D,15D,17D,18D,23D,25D. The summed E-state index contributed by atoms with van der Waals surface area (Å²) in [5.74, 6) is 0. The van der Waals surface area contributed by atoms with Gasteiger partial charge < -0.3 is 0 Å². The van der Waals surface area contributed by atoms with Gasteiger partial charge in [0.25, 0.3) is 0 Å². The number of hydrogen-bond acceptors (Lipinski definition) is 0. The van der Waals surface area contributed by atoms with Crippen molar-refractivity contribution >= 4 is 32.3 Å². The minimum Gasteiger partial charge on any atom is -0.0622 e. The molecule has 0 saturated carbocycles. The third-order valence-corrected chi connectivity index (χ3v) is 10.9. The van der Waals surface area contributed by atoms with Crippen LogP contribution in [0, 0.1) is 0 Å². The Morgan fingerprint density at radius 2 is 1.00 bits per heavy atom. The van der Waals surface area contributed by atoms with Crippen molar-refractivity contribution in [1.82, 2.24) is 0 Å². The van der Waals surface area contributed by atoms with Crippen molar-refractivity contribution in [2.24, 2.45) is 0 Å². The first kappa shape index (κ1) is 22.3. The quantitative estimate of drug-likeness (QED) is 0.166. The van der Waals surface area contributed by atoms with E-state index in [0.29, 0.717) is 43.8 Å². The Bertz CT molecular complexity index is 3060. The maximum atomic E-state index is 9.76. The molecule has 242 valence electrons. The van der Waals surface area contributed by atoms with E-state index in [1.807, 2.05) is 72.8 Å². The van der Waals surface area contributed by atoms with Crippen LogP contribution in [0.15, 0.2) is 158 Å². The summed E-state index contributed by atoms with van der Waals surface area (Å²) >= 11 is 0. The summed E-state index contributed by atoms with van der Waals surface area (Å²) in [6.45, 7) is 9.18. The fourth-order valence-electron chi connectivity index (χ4n) is 8.42. The smallest absolute Gasteiger partial charge is 0.0622 e. The summed E-state index contributed by atoms with van der Waals surface area (Å²) in [5, 5.41) is 3.67. The number of fused-ring (bicyclic) bond motifs is 4. The normalized spacial score (nSPS) is 17.5. The van der Waals surface area contributed by atoms with E-state index in [1.54, 1.807) is 6.07 Å². The van der Waals surface area contributed by atoms with Crippen molar-refractivity contribution in [1.29, 1.82) is 0 Å². The van der Waals surface area contributed by atoms with Crippen molar-refractivity contribution in [3.8, 4) is 44.5 Å². The molecule has 0 fully saturated rings. The summed E-state index contributed by atoms with van der Waals surface area (Å²) in [7, 11) is 0. The molecule has 9 rings (SSSR count). The summed E-state index contributed by atoms with van der Waals surface area (Å²) < 4.78 is 81.6. The second kappa shape index (κ2) is 11.6. The van der Waals surface area contributed by atoms with Crippen LogP contribution in [0.5, 0.6) is 0 Å². The average molecular weight is 652 g/mol. The van der Waals surface area contributed by atoms with Crippen LogP contribution < -0.4 is 0 Å². The predicted molar refractivity (Wildman–Crippen MR) is 216 cm³/mol. The van der Waals surface area contributed by atoms with Gasteiger partial charge in [-0.05, 0) is 112 Å². The van der Waals surface area contributed by atoms with Gasteiger partial charge in [-0.25, -0.2) is 0 Å².